The molecule has 0 aromatic heterocycles. The zero-order valence-corrected chi connectivity index (χ0v) is 16.2. The molecule has 4 aromatic carbocycles. The highest BCUT2D eigenvalue weighted by molar-refractivity contribution is 6.60. The Hall–Kier alpha value is -4.32. The summed E-state index contributed by atoms with van der Waals surface area (Å²) in [6.45, 7) is 0. The number of benzene rings is 4. The maximum absolute atomic E-state index is 13.1. The van der Waals surface area contributed by atoms with Crippen LogP contribution in [-0.2, 0) is 19.2 Å². The van der Waals surface area contributed by atoms with E-state index < -0.39 is 29.4 Å². The van der Waals surface area contributed by atoms with E-state index >= 15 is 0 Å². The van der Waals surface area contributed by atoms with E-state index in [1.54, 1.807) is 36.4 Å². The lowest BCUT2D eigenvalue weighted by Crippen LogP contribution is -2.34. The molecule has 0 aliphatic carbocycles. The third-order valence-corrected chi connectivity index (χ3v) is 5.46. The van der Waals surface area contributed by atoms with E-state index in [2.05, 4.69) is 5.32 Å². The van der Waals surface area contributed by atoms with Gasteiger partial charge in [-0.05, 0) is 22.9 Å². The molecule has 1 aliphatic heterocycles. The average molecular weight is 408 g/mol. The van der Waals surface area contributed by atoms with Crippen molar-refractivity contribution in [2.45, 2.75) is 0 Å². The van der Waals surface area contributed by atoms with Crippen molar-refractivity contribution in [2.75, 3.05) is 10.2 Å². The van der Waals surface area contributed by atoms with Gasteiger partial charge in [0.05, 0.1) is 5.69 Å². The number of hydrogen-bond donors (Lipinski definition) is 1. The highest BCUT2D eigenvalue weighted by atomic mass is 16.2. The van der Waals surface area contributed by atoms with Gasteiger partial charge in [0.25, 0.3) is 5.91 Å². The maximum Gasteiger partial charge on any atom is 0.302 e. The van der Waals surface area contributed by atoms with E-state index in [1.165, 1.54) is 0 Å². The molecule has 1 fully saturated rings. The lowest BCUT2D eigenvalue weighted by atomic mass is 10.0. The van der Waals surface area contributed by atoms with Gasteiger partial charge in [-0.25, -0.2) is 4.90 Å². The summed E-state index contributed by atoms with van der Waals surface area (Å²) in [6.07, 6.45) is 0. The fourth-order valence-corrected chi connectivity index (χ4v) is 3.98. The first kappa shape index (κ1) is 18.7. The van der Waals surface area contributed by atoms with Crippen molar-refractivity contribution < 1.29 is 19.2 Å². The molecule has 0 spiro atoms. The summed E-state index contributed by atoms with van der Waals surface area (Å²) in [6, 6.07) is 25.1. The molecule has 6 heteroatoms. The molecule has 0 unspecified atom stereocenters. The van der Waals surface area contributed by atoms with Crippen LogP contribution in [0.4, 0.5) is 11.4 Å². The van der Waals surface area contributed by atoms with E-state index in [0.29, 0.717) is 16.8 Å². The van der Waals surface area contributed by atoms with Crippen molar-refractivity contribution in [3.63, 3.8) is 0 Å². The molecule has 1 aliphatic rings. The van der Waals surface area contributed by atoms with Crippen molar-refractivity contribution in [1.29, 1.82) is 0 Å². The first-order chi connectivity index (χ1) is 15.1. The molecule has 0 radical (unpaired) electrons. The normalized spacial score (nSPS) is 16.3. The number of hydrogen-bond acceptors (Lipinski definition) is 4. The summed E-state index contributed by atoms with van der Waals surface area (Å²) in [5.41, 5.74) is 0.765. The van der Waals surface area contributed by atoms with Crippen LogP contribution in [0.15, 0.2) is 84.9 Å². The molecule has 31 heavy (non-hydrogen) atoms. The Balaban J connectivity index is 1.51. The number of anilines is 2. The summed E-state index contributed by atoms with van der Waals surface area (Å²) < 4.78 is 0. The Morgan fingerprint density at radius 2 is 1.29 bits per heavy atom. The fraction of sp³-hybridized carbons (Fsp3) is 0.0400. The van der Waals surface area contributed by atoms with Gasteiger partial charge < -0.3 is 5.32 Å². The number of fused-ring (bicyclic) bond motifs is 2. The first-order valence-electron chi connectivity index (χ1n) is 9.75. The summed E-state index contributed by atoms with van der Waals surface area (Å²) in [5.74, 6) is -5.41. The fourth-order valence-electron chi connectivity index (χ4n) is 3.98. The zero-order valence-electron chi connectivity index (χ0n) is 16.2. The van der Waals surface area contributed by atoms with Gasteiger partial charge in [-0.1, -0.05) is 72.8 Å². The molecular weight excluding hydrogens is 392 g/mol. The van der Waals surface area contributed by atoms with Crippen LogP contribution in [0, 0.1) is 5.92 Å². The minimum Gasteiger partial charge on any atom is -0.324 e. The molecule has 150 valence electrons. The lowest BCUT2D eigenvalue weighted by Gasteiger charge is -2.16. The Labute approximate surface area is 177 Å². The van der Waals surface area contributed by atoms with Crippen LogP contribution >= 0.6 is 0 Å². The number of ketones is 1. The quantitative estimate of drug-likeness (QED) is 0.318. The molecular formula is C25H16N2O4. The topological polar surface area (TPSA) is 83.6 Å². The van der Waals surface area contributed by atoms with E-state index in [-0.39, 0.29) is 0 Å². The van der Waals surface area contributed by atoms with Crippen molar-refractivity contribution in [1.82, 2.24) is 0 Å². The smallest absolute Gasteiger partial charge is 0.302 e. The number of Topliss-reactive ketones (excluding diaryl/α,β-unsaturated/α-hetero) is 1. The first-order valence-corrected chi connectivity index (χ1v) is 9.75. The second-order valence-electron chi connectivity index (χ2n) is 7.29. The van der Waals surface area contributed by atoms with Crippen molar-refractivity contribution in [3.8, 4) is 0 Å². The average Bonchev–Trinajstić information content (AvgIpc) is 3.01. The molecule has 4 aromatic rings. The van der Waals surface area contributed by atoms with E-state index in [1.807, 2.05) is 48.5 Å². The van der Waals surface area contributed by atoms with Crippen LogP contribution in [0.1, 0.15) is 0 Å². The summed E-state index contributed by atoms with van der Waals surface area (Å²) in [7, 11) is 0. The van der Waals surface area contributed by atoms with Gasteiger partial charge in [0.2, 0.25) is 11.7 Å². The number of rotatable bonds is 3. The number of carbonyl (C=O) groups is 4. The van der Waals surface area contributed by atoms with Gasteiger partial charge >= 0.3 is 5.91 Å². The predicted molar refractivity (Wildman–Crippen MR) is 118 cm³/mol. The minimum atomic E-state index is -1.72. The van der Waals surface area contributed by atoms with Crippen molar-refractivity contribution >= 4 is 56.4 Å². The van der Waals surface area contributed by atoms with Gasteiger partial charge in [0, 0.05) is 16.5 Å². The van der Waals surface area contributed by atoms with Crippen LogP contribution in [0.2, 0.25) is 0 Å². The molecule has 0 saturated carbocycles. The molecule has 3 amide bonds. The van der Waals surface area contributed by atoms with E-state index in [9.17, 15) is 19.2 Å². The van der Waals surface area contributed by atoms with Gasteiger partial charge in [0.15, 0.2) is 5.92 Å². The molecule has 1 N–H and O–H groups in total. The van der Waals surface area contributed by atoms with Gasteiger partial charge in [-0.15, -0.1) is 0 Å². The van der Waals surface area contributed by atoms with Crippen LogP contribution in [-0.4, -0.2) is 23.5 Å². The molecule has 6 nitrogen and oxygen atoms in total. The number of amides is 3. The minimum absolute atomic E-state index is 0.293. The van der Waals surface area contributed by atoms with Crippen LogP contribution in [0.25, 0.3) is 21.5 Å². The van der Waals surface area contributed by atoms with Gasteiger partial charge in [-0.3, -0.25) is 19.2 Å². The Bertz CT molecular complexity index is 1400. The van der Waals surface area contributed by atoms with Gasteiger partial charge in [0.1, 0.15) is 0 Å². The van der Waals surface area contributed by atoms with Crippen LogP contribution in [0.3, 0.4) is 0 Å². The van der Waals surface area contributed by atoms with E-state index in [0.717, 1.165) is 21.1 Å². The molecule has 0 bridgehead atoms. The maximum atomic E-state index is 13.1. The zero-order chi connectivity index (χ0) is 21.5. The second-order valence-corrected chi connectivity index (χ2v) is 7.29. The highest BCUT2D eigenvalue weighted by Gasteiger charge is 2.51. The lowest BCUT2D eigenvalue weighted by molar-refractivity contribution is -0.139. The number of nitrogens with one attached hydrogen (secondary N) is 1. The molecule has 1 saturated heterocycles. The van der Waals surface area contributed by atoms with Crippen LogP contribution in [0.5, 0.6) is 0 Å². The third-order valence-electron chi connectivity index (χ3n) is 5.46. The summed E-state index contributed by atoms with van der Waals surface area (Å²) in [5, 5.41) is 5.79. The number of nitrogens with zero attached hydrogens (tertiary/aromatic N) is 1. The van der Waals surface area contributed by atoms with Crippen molar-refractivity contribution in [3.05, 3.63) is 84.9 Å². The summed E-state index contributed by atoms with van der Waals surface area (Å²) in [4.78, 5) is 52.2. The Morgan fingerprint density at radius 3 is 2.03 bits per heavy atom. The Morgan fingerprint density at radius 1 is 0.710 bits per heavy atom. The third kappa shape index (κ3) is 2.97. The monoisotopic (exact) mass is 408 g/mol. The summed E-state index contributed by atoms with van der Waals surface area (Å²) >= 11 is 0. The standard InChI is InChI=1S/C25H16N2O4/c28-22-21(23(29)26-19-13-5-9-15-7-1-3-11-17(15)19)24(30)27(25(22)31)20-14-6-10-16-8-2-4-12-18(16)20/h1-14,21H,(H,26,29)/t21-/m0/s1. The second kappa shape index (κ2) is 7.18. The molecule has 1 heterocycles. The van der Waals surface area contributed by atoms with E-state index in [4.69, 9.17) is 0 Å². The van der Waals surface area contributed by atoms with Crippen molar-refractivity contribution in [2.24, 2.45) is 5.92 Å². The van der Waals surface area contributed by atoms with Gasteiger partial charge in [-0.2, -0.15) is 0 Å². The Kier molecular flexibility index (Phi) is 4.33. The molecule has 5 rings (SSSR count). The number of imide groups is 1. The van der Waals surface area contributed by atoms with Crippen LogP contribution < -0.4 is 10.2 Å². The number of carbonyl (C=O) groups excluding carboxylic acids is 4. The SMILES string of the molecule is O=C(Nc1cccc2ccccc12)[C@@H]1C(=O)C(=O)N(c2cccc3ccccc23)C1=O. The highest BCUT2D eigenvalue weighted by Crippen LogP contribution is 2.32. The largest absolute Gasteiger partial charge is 0.324 e. The predicted octanol–water partition coefficient (Wildman–Crippen LogP) is 3.69. The molecule has 1 atom stereocenters.